The van der Waals surface area contributed by atoms with Gasteiger partial charge in [-0.05, 0) is 32.5 Å². The number of hydrogen-bond donors (Lipinski definition) is 1. The molecule has 20 heavy (non-hydrogen) atoms. The average molecular weight is 317 g/mol. The van der Waals surface area contributed by atoms with Crippen LogP contribution in [0.1, 0.15) is 25.5 Å². The number of nitrogens with one attached hydrogen (secondary N) is 1. The van der Waals surface area contributed by atoms with Gasteiger partial charge in [0.05, 0.1) is 28.8 Å². The van der Waals surface area contributed by atoms with Crippen molar-refractivity contribution in [1.82, 2.24) is 10.2 Å². The number of morpholine rings is 1. The van der Waals surface area contributed by atoms with Crippen LogP contribution in [0.15, 0.2) is 18.2 Å². The average Bonchev–Trinajstić information content (AvgIpc) is 2.42. The summed E-state index contributed by atoms with van der Waals surface area (Å²) >= 11 is 12.6. The molecule has 1 aliphatic heterocycles. The van der Waals surface area contributed by atoms with Gasteiger partial charge in [0.15, 0.2) is 0 Å². The van der Waals surface area contributed by atoms with Gasteiger partial charge in [-0.25, -0.2) is 0 Å². The molecule has 1 aliphatic rings. The van der Waals surface area contributed by atoms with Crippen molar-refractivity contribution >= 4 is 23.2 Å². The molecule has 1 aromatic carbocycles. The number of benzene rings is 1. The van der Waals surface area contributed by atoms with Crippen molar-refractivity contribution in [3.8, 4) is 0 Å². The van der Waals surface area contributed by atoms with E-state index in [1.54, 1.807) is 0 Å². The van der Waals surface area contributed by atoms with E-state index in [2.05, 4.69) is 24.1 Å². The highest BCUT2D eigenvalue weighted by Crippen LogP contribution is 2.37. The third kappa shape index (κ3) is 3.29. The molecule has 0 amide bonds. The highest BCUT2D eigenvalue weighted by molar-refractivity contribution is 6.42. The molecule has 0 aliphatic carbocycles. The van der Waals surface area contributed by atoms with Crippen LogP contribution >= 0.6 is 23.2 Å². The fraction of sp³-hybridized carbons (Fsp3) is 0.600. The molecule has 0 bridgehead atoms. The van der Waals surface area contributed by atoms with Crippen LogP contribution in [0.3, 0.4) is 0 Å². The summed E-state index contributed by atoms with van der Waals surface area (Å²) in [7, 11) is 1.94. The monoisotopic (exact) mass is 316 g/mol. The Labute approximate surface area is 131 Å². The number of nitrogens with zero attached hydrogens (tertiary/aromatic N) is 1. The molecule has 0 spiro atoms. The number of rotatable bonds is 4. The van der Waals surface area contributed by atoms with Crippen molar-refractivity contribution in [3.05, 3.63) is 33.8 Å². The van der Waals surface area contributed by atoms with E-state index in [4.69, 9.17) is 27.9 Å². The minimum absolute atomic E-state index is 0.0760. The van der Waals surface area contributed by atoms with Gasteiger partial charge in [-0.3, -0.25) is 4.90 Å². The van der Waals surface area contributed by atoms with Gasteiger partial charge in [0.25, 0.3) is 0 Å². The number of halogens is 2. The molecule has 1 heterocycles. The maximum Gasteiger partial charge on any atom is 0.0897 e. The van der Waals surface area contributed by atoms with Crippen molar-refractivity contribution in [3.63, 3.8) is 0 Å². The van der Waals surface area contributed by atoms with Crippen LogP contribution in [0.4, 0.5) is 0 Å². The quantitative estimate of drug-likeness (QED) is 0.921. The lowest BCUT2D eigenvalue weighted by atomic mass is 9.96. The molecule has 2 atom stereocenters. The zero-order valence-corrected chi connectivity index (χ0v) is 13.7. The Morgan fingerprint density at radius 3 is 2.80 bits per heavy atom. The maximum atomic E-state index is 6.43. The first-order valence-corrected chi connectivity index (χ1v) is 7.77. The van der Waals surface area contributed by atoms with Gasteiger partial charge in [0.2, 0.25) is 0 Å². The van der Waals surface area contributed by atoms with Crippen LogP contribution in [-0.2, 0) is 4.74 Å². The topological polar surface area (TPSA) is 24.5 Å². The fourth-order valence-electron chi connectivity index (χ4n) is 2.83. The molecule has 2 rings (SSSR count). The lowest BCUT2D eigenvalue weighted by molar-refractivity contribution is -0.0814. The van der Waals surface area contributed by atoms with Gasteiger partial charge in [-0.2, -0.15) is 0 Å². The molecule has 5 heteroatoms. The first kappa shape index (κ1) is 16.1. The van der Waals surface area contributed by atoms with E-state index in [1.807, 2.05) is 25.2 Å². The predicted molar refractivity (Wildman–Crippen MR) is 84.7 cm³/mol. The first-order valence-electron chi connectivity index (χ1n) is 7.02. The summed E-state index contributed by atoms with van der Waals surface area (Å²) in [6, 6.07) is 6.38. The molecule has 2 unspecified atom stereocenters. The summed E-state index contributed by atoms with van der Waals surface area (Å²) < 4.78 is 5.95. The molecule has 1 fully saturated rings. The molecule has 112 valence electrons. The fourth-order valence-corrected chi connectivity index (χ4v) is 3.25. The van der Waals surface area contributed by atoms with Gasteiger partial charge >= 0.3 is 0 Å². The number of hydrogen-bond acceptors (Lipinski definition) is 3. The highest BCUT2D eigenvalue weighted by atomic mass is 35.5. The number of likely N-dealkylation sites (N-methyl/N-ethyl adjacent to an activating group) is 1. The Kier molecular flexibility index (Phi) is 5.70. The van der Waals surface area contributed by atoms with E-state index in [0.29, 0.717) is 16.1 Å². The van der Waals surface area contributed by atoms with Gasteiger partial charge in [-0.15, -0.1) is 0 Å². The van der Waals surface area contributed by atoms with Crippen LogP contribution in [0.5, 0.6) is 0 Å². The maximum absolute atomic E-state index is 6.43. The summed E-state index contributed by atoms with van der Waals surface area (Å²) in [6.07, 6.45) is 0.0760. The van der Waals surface area contributed by atoms with E-state index < -0.39 is 0 Å². The second-order valence-corrected chi connectivity index (χ2v) is 6.17. The van der Waals surface area contributed by atoms with Crippen LogP contribution in [0, 0.1) is 0 Å². The Morgan fingerprint density at radius 2 is 2.15 bits per heavy atom. The minimum atomic E-state index is 0.0760. The summed E-state index contributed by atoms with van der Waals surface area (Å²) in [5.41, 5.74) is 1.05. The third-order valence-corrected chi connectivity index (χ3v) is 4.59. The third-order valence-electron chi connectivity index (χ3n) is 3.76. The minimum Gasteiger partial charge on any atom is -0.374 e. The van der Waals surface area contributed by atoms with E-state index in [-0.39, 0.29) is 12.1 Å². The molecule has 1 N–H and O–H groups in total. The standard InChI is InChI=1S/C15H22Cl2N2O/c1-10(2)19-7-8-20-13(9-18-3)15(19)11-5-4-6-12(16)14(11)17/h4-6,10,13,15,18H,7-9H2,1-3H3. The normalized spacial score (nSPS) is 24.3. The van der Waals surface area contributed by atoms with Gasteiger partial charge in [0, 0.05) is 19.1 Å². The molecule has 1 aromatic rings. The zero-order chi connectivity index (χ0) is 14.7. The van der Waals surface area contributed by atoms with E-state index >= 15 is 0 Å². The lowest BCUT2D eigenvalue weighted by Crippen LogP contribution is -2.51. The molecule has 3 nitrogen and oxygen atoms in total. The van der Waals surface area contributed by atoms with Crippen LogP contribution in [-0.4, -0.2) is 43.8 Å². The van der Waals surface area contributed by atoms with Crippen molar-refractivity contribution < 1.29 is 4.74 Å². The van der Waals surface area contributed by atoms with Crippen LogP contribution in [0.2, 0.25) is 10.0 Å². The van der Waals surface area contributed by atoms with Gasteiger partial charge in [-0.1, -0.05) is 35.3 Å². The summed E-state index contributed by atoms with van der Waals surface area (Å²) in [5.74, 6) is 0. The second kappa shape index (κ2) is 7.10. The molecular weight excluding hydrogens is 295 g/mol. The van der Waals surface area contributed by atoms with E-state index in [1.165, 1.54) is 0 Å². The second-order valence-electron chi connectivity index (χ2n) is 5.39. The Morgan fingerprint density at radius 1 is 1.40 bits per heavy atom. The van der Waals surface area contributed by atoms with Crippen LogP contribution < -0.4 is 5.32 Å². The first-order chi connectivity index (χ1) is 9.56. The Hall–Kier alpha value is -0.320. The summed E-state index contributed by atoms with van der Waals surface area (Å²) in [6.45, 7) is 6.85. The highest BCUT2D eigenvalue weighted by Gasteiger charge is 2.35. The van der Waals surface area contributed by atoms with E-state index in [0.717, 1.165) is 25.3 Å². The molecule has 0 saturated carbocycles. The summed E-state index contributed by atoms with van der Waals surface area (Å²) in [4.78, 5) is 2.43. The molecule has 1 saturated heterocycles. The summed E-state index contributed by atoms with van der Waals surface area (Å²) in [5, 5.41) is 4.44. The smallest absolute Gasteiger partial charge is 0.0897 e. The lowest BCUT2D eigenvalue weighted by Gasteiger charge is -2.44. The molecular formula is C15H22Cl2N2O. The van der Waals surface area contributed by atoms with Gasteiger partial charge in [0.1, 0.15) is 0 Å². The largest absolute Gasteiger partial charge is 0.374 e. The van der Waals surface area contributed by atoms with Gasteiger partial charge < -0.3 is 10.1 Å². The predicted octanol–water partition coefficient (Wildman–Crippen LogP) is 3.36. The molecule has 0 aromatic heterocycles. The van der Waals surface area contributed by atoms with E-state index in [9.17, 15) is 0 Å². The van der Waals surface area contributed by atoms with Crippen molar-refractivity contribution in [2.75, 3.05) is 26.7 Å². The Bertz CT molecular complexity index is 451. The Balaban J connectivity index is 2.40. The zero-order valence-electron chi connectivity index (χ0n) is 12.2. The van der Waals surface area contributed by atoms with Crippen molar-refractivity contribution in [1.29, 1.82) is 0 Å². The molecule has 0 radical (unpaired) electrons. The van der Waals surface area contributed by atoms with Crippen LogP contribution in [0.25, 0.3) is 0 Å². The SMILES string of the molecule is CNCC1OCCN(C(C)C)C1c1cccc(Cl)c1Cl. The number of ether oxygens (including phenoxy) is 1. The van der Waals surface area contributed by atoms with Crippen molar-refractivity contribution in [2.24, 2.45) is 0 Å². The van der Waals surface area contributed by atoms with Crippen molar-refractivity contribution in [2.45, 2.75) is 32.0 Å².